The van der Waals surface area contributed by atoms with Crippen molar-refractivity contribution in [3.05, 3.63) is 11.7 Å². The van der Waals surface area contributed by atoms with E-state index in [1.165, 1.54) is 4.31 Å². The summed E-state index contributed by atoms with van der Waals surface area (Å²) in [7, 11) is -0.185. The Hall–Kier alpha value is -0.680. The van der Waals surface area contributed by atoms with E-state index in [2.05, 4.69) is 15.0 Å². The van der Waals surface area contributed by atoms with E-state index in [1.54, 1.807) is 30.2 Å². The quantitative estimate of drug-likeness (QED) is 0.721. The summed E-state index contributed by atoms with van der Waals surface area (Å²) >= 11 is 1.66. The molecule has 0 radical (unpaired) electrons. The second kappa shape index (κ2) is 7.28. The van der Waals surface area contributed by atoms with Gasteiger partial charge in [0.05, 0.1) is 12.3 Å². The molecular formula is C14H25N5O3S2. The molecule has 0 aliphatic carbocycles. The molecule has 0 aromatic carbocycles. The highest BCUT2D eigenvalue weighted by molar-refractivity contribution is 7.97. The molecule has 4 heterocycles. The summed E-state index contributed by atoms with van der Waals surface area (Å²) in [4.78, 5) is 6.73. The zero-order valence-corrected chi connectivity index (χ0v) is 16.0. The molecule has 3 fully saturated rings. The lowest BCUT2D eigenvalue weighted by molar-refractivity contribution is 0.111. The van der Waals surface area contributed by atoms with Crippen LogP contribution in [0.3, 0.4) is 0 Å². The van der Waals surface area contributed by atoms with Gasteiger partial charge in [-0.05, 0) is 25.0 Å². The SMILES string of the molecule is CSCc1noc(CN2C[C@@H]3CC[C@H]2CN(S(=O)(=O)N(C)C)C3)n1. The summed E-state index contributed by atoms with van der Waals surface area (Å²) < 4.78 is 33.2. The fourth-order valence-electron chi connectivity index (χ4n) is 3.46. The highest BCUT2D eigenvalue weighted by Gasteiger charge is 2.40. The van der Waals surface area contributed by atoms with Crippen LogP contribution in [0.2, 0.25) is 0 Å². The molecule has 0 saturated carbocycles. The molecule has 24 heavy (non-hydrogen) atoms. The standard InChI is InChI=1S/C14H25N5O3S2/c1-17(2)24(20,21)19-7-11-4-5-12(8-19)18(6-11)9-14-15-13(10-23-3)16-22-14/h11-12H,4-10H2,1-3H3/t11-,12-/m0/s1. The Morgan fingerprint density at radius 1 is 1.29 bits per heavy atom. The molecule has 3 aliphatic rings. The summed E-state index contributed by atoms with van der Waals surface area (Å²) in [5.41, 5.74) is 0. The van der Waals surface area contributed by atoms with Gasteiger partial charge in [-0.15, -0.1) is 0 Å². The summed E-state index contributed by atoms with van der Waals surface area (Å²) in [6, 6.07) is 0.203. The Morgan fingerprint density at radius 3 is 2.79 bits per heavy atom. The third-order valence-corrected chi connectivity index (χ3v) is 7.12. The van der Waals surface area contributed by atoms with Gasteiger partial charge in [0.2, 0.25) is 5.89 Å². The maximum absolute atomic E-state index is 12.5. The third-order valence-electron chi connectivity index (χ3n) is 4.70. The summed E-state index contributed by atoms with van der Waals surface area (Å²) in [6.07, 6.45) is 4.08. The van der Waals surface area contributed by atoms with Crippen molar-refractivity contribution in [2.24, 2.45) is 5.92 Å². The normalized spacial score (nSPS) is 26.2. The first-order valence-electron chi connectivity index (χ1n) is 8.12. The average Bonchev–Trinajstić information content (AvgIpc) is 2.77. The van der Waals surface area contributed by atoms with Gasteiger partial charge in [0.1, 0.15) is 0 Å². The van der Waals surface area contributed by atoms with Gasteiger partial charge in [0.15, 0.2) is 5.82 Å². The van der Waals surface area contributed by atoms with Crippen LogP contribution in [0.15, 0.2) is 4.52 Å². The Labute approximate surface area is 147 Å². The second-order valence-corrected chi connectivity index (χ2v) is 9.68. The Balaban J connectivity index is 1.71. The number of nitrogens with zero attached hydrogens (tertiary/aromatic N) is 5. The first kappa shape index (κ1) is 18.1. The molecule has 4 rings (SSSR count). The third kappa shape index (κ3) is 3.77. The van der Waals surface area contributed by atoms with Crippen molar-refractivity contribution < 1.29 is 12.9 Å². The first-order chi connectivity index (χ1) is 11.4. The van der Waals surface area contributed by atoms with Gasteiger partial charge < -0.3 is 4.52 Å². The van der Waals surface area contributed by atoms with Crippen LogP contribution in [0, 0.1) is 5.92 Å². The van der Waals surface area contributed by atoms with Gasteiger partial charge in [-0.2, -0.15) is 33.8 Å². The lowest BCUT2D eigenvalue weighted by atomic mass is 9.95. The molecule has 136 valence electrons. The van der Waals surface area contributed by atoms with Crippen LogP contribution in [0.1, 0.15) is 24.6 Å². The molecule has 2 atom stereocenters. The van der Waals surface area contributed by atoms with Crippen LogP contribution in [-0.2, 0) is 22.5 Å². The molecule has 0 N–H and O–H groups in total. The molecule has 1 aromatic rings. The van der Waals surface area contributed by atoms with Crippen LogP contribution in [0.25, 0.3) is 0 Å². The maximum atomic E-state index is 12.5. The van der Waals surface area contributed by atoms with Crippen LogP contribution in [0.5, 0.6) is 0 Å². The zero-order chi connectivity index (χ0) is 17.3. The van der Waals surface area contributed by atoms with Crippen molar-refractivity contribution in [1.82, 2.24) is 23.7 Å². The molecule has 3 aliphatic heterocycles. The summed E-state index contributed by atoms with van der Waals surface area (Å²) in [5.74, 6) is 2.43. The number of piperidine rings is 1. The molecule has 10 heteroatoms. The maximum Gasteiger partial charge on any atom is 0.281 e. The number of aromatic nitrogens is 2. The van der Waals surface area contributed by atoms with Gasteiger partial charge in [0.25, 0.3) is 10.2 Å². The topological polar surface area (TPSA) is 82.8 Å². The number of hydrogen-bond donors (Lipinski definition) is 0. The van der Waals surface area contributed by atoms with E-state index < -0.39 is 10.2 Å². The van der Waals surface area contributed by atoms with Crippen molar-refractivity contribution in [3.63, 3.8) is 0 Å². The predicted octanol–water partition coefficient (Wildman–Crippen LogP) is 0.635. The Bertz CT molecular complexity index is 663. The van der Waals surface area contributed by atoms with Gasteiger partial charge >= 0.3 is 0 Å². The van der Waals surface area contributed by atoms with E-state index in [0.717, 1.165) is 25.1 Å². The molecule has 1 aromatic heterocycles. The lowest BCUT2D eigenvalue weighted by Gasteiger charge is -2.35. The number of hydrogen-bond acceptors (Lipinski definition) is 7. The minimum Gasteiger partial charge on any atom is -0.338 e. The number of rotatable bonds is 6. The fourth-order valence-corrected chi connectivity index (χ4v) is 5.06. The molecule has 8 nitrogen and oxygen atoms in total. The molecule has 0 amide bonds. The smallest absolute Gasteiger partial charge is 0.281 e. The van der Waals surface area contributed by atoms with Crippen molar-refractivity contribution in [2.45, 2.75) is 31.2 Å². The zero-order valence-electron chi connectivity index (χ0n) is 14.4. The number of thioether (sulfide) groups is 1. The van der Waals surface area contributed by atoms with E-state index in [0.29, 0.717) is 37.3 Å². The Kier molecular flexibility index (Phi) is 5.50. The minimum atomic E-state index is -3.36. The van der Waals surface area contributed by atoms with Gasteiger partial charge in [0, 0.05) is 39.8 Å². The second-order valence-electron chi connectivity index (χ2n) is 6.67. The van der Waals surface area contributed by atoms with Crippen LogP contribution >= 0.6 is 11.8 Å². The van der Waals surface area contributed by atoms with E-state index in [-0.39, 0.29) is 6.04 Å². The lowest BCUT2D eigenvalue weighted by Crippen LogP contribution is -2.45. The molecule has 2 bridgehead atoms. The van der Waals surface area contributed by atoms with E-state index in [9.17, 15) is 8.42 Å². The van der Waals surface area contributed by atoms with E-state index >= 15 is 0 Å². The monoisotopic (exact) mass is 375 g/mol. The Morgan fingerprint density at radius 2 is 2.08 bits per heavy atom. The minimum absolute atomic E-state index is 0.203. The highest BCUT2D eigenvalue weighted by atomic mass is 32.2. The molecule has 3 saturated heterocycles. The largest absolute Gasteiger partial charge is 0.338 e. The summed E-state index contributed by atoms with van der Waals surface area (Å²) in [5, 5.41) is 3.99. The predicted molar refractivity (Wildman–Crippen MR) is 92.6 cm³/mol. The van der Waals surface area contributed by atoms with Crippen LogP contribution in [0.4, 0.5) is 0 Å². The van der Waals surface area contributed by atoms with Crippen LogP contribution in [-0.4, -0.2) is 78.1 Å². The first-order valence-corrected chi connectivity index (χ1v) is 10.9. The average molecular weight is 376 g/mol. The molecule has 0 spiro atoms. The van der Waals surface area contributed by atoms with E-state index in [4.69, 9.17) is 4.52 Å². The van der Waals surface area contributed by atoms with Gasteiger partial charge in [-0.1, -0.05) is 5.16 Å². The van der Waals surface area contributed by atoms with E-state index in [1.807, 2.05) is 6.26 Å². The summed E-state index contributed by atoms with van der Waals surface area (Å²) in [6.45, 7) is 2.60. The van der Waals surface area contributed by atoms with Gasteiger partial charge in [-0.3, -0.25) is 4.90 Å². The van der Waals surface area contributed by atoms with Gasteiger partial charge in [-0.25, -0.2) is 0 Å². The van der Waals surface area contributed by atoms with Crippen molar-refractivity contribution in [2.75, 3.05) is 40.0 Å². The molecular weight excluding hydrogens is 350 g/mol. The number of fused-ring (bicyclic) bond motifs is 4. The van der Waals surface area contributed by atoms with Crippen molar-refractivity contribution in [1.29, 1.82) is 0 Å². The van der Waals surface area contributed by atoms with Crippen LogP contribution < -0.4 is 0 Å². The highest BCUT2D eigenvalue weighted by Crippen LogP contribution is 2.30. The van der Waals surface area contributed by atoms with Crippen molar-refractivity contribution in [3.8, 4) is 0 Å². The van der Waals surface area contributed by atoms with Crippen molar-refractivity contribution >= 4 is 22.0 Å². The molecule has 0 unspecified atom stereocenters. The fraction of sp³-hybridized carbons (Fsp3) is 0.857.